The molecular weight excluding hydrogens is 262 g/mol. The average Bonchev–Trinajstić information content (AvgIpc) is 2.90. The van der Waals surface area contributed by atoms with Crippen LogP contribution >= 0.6 is 0 Å². The van der Waals surface area contributed by atoms with Crippen LogP contribution in [0.3, 0.4) is 0 Å². The molecule has 106 valence electrons. The van der Waals surface area contributed by atoms with Crippen LogP contribution in [0.15, 0.2) is 59.4 Å². The first-order valence-corrected chi connectivity index (χ1v) is 7.03. The standard InChI is InChI=1S/C17H17N3O/c18-17-16(14-9-5-11-19-12-14)15(21-20-17)10-4-8-13-6-2-1-3-7-13/h1-3,5-7,9,11-12H,4,8,10H2,(H2,18,20). The third-order valence-corrected chi connectivity index (χ3v) is 3.45. The van der Waals surface area contributed by atoms with Gasteiger partial charge in [-0.05, 0) is 24.5 Å². The van der Waals surface area contributed by atoms with E-state index in [2.05, 4.69) is 34.4 Å². The fraction of sp³-hybridized carbons (Fsp3) is 0.176. The van der Waals surface area contributed by atoms with Gasteiger partial charge in [0.2, 0.25) is 0 Å². The lowest BCUT2D eigenvalue weighted by Gasteiger charge is -2.03. The Morgan fingerprint density at radius 3 is 2.62 bits per heavy atom. The number of aromatic nitrogens is 2. The highest BCUT2D eigenvalue weighted by Crippen LogP contribution is 2.29. The molecule has 0 saturated heterocycles. The molecule has 0 bridgehead atoms. The van der Waals surface area contributed by atoms with Crippen molar-refractivity contribution in [2.75, 3.05) is 5.73 Å². The molecule has 2 N–H and O–H groups in total. The van der Waals surface area contributed by atoms with Gasteiger partial charge in [0, 0.05) is 24.4 Å². The molecule has 4 heteroatoms. The monoisotopic (exact) mass is 279 g/mol. The van der Waals surface area contributed by atoms with Crippen LogP contribution in [0.5, 0.6) is 0 Å². The van der Waals surface area contributed by atoms with E-state index < -0.39 is 0 Å². The van der Waals surface area contributed by atoms with Gasteiger partial charge in [0.25, 0.3) is 0 Å². The second kappa shape index (κ2) is 6.22. The van der Waals surface area contributed by atoms with E-state index in [1.807, 2.05) is 18.2 Å². The van der Waals surface area contributed by atoms with Crippen molar-refractivity contribution in [3.8, 4) is 11.1 Å². The van der Waals surface area contributed by atoms with Crippen LogP contribution in [0.25, 0.3) is 11.1 Å². The Morgan fingerprint density at radius 2 is 1.86 bits per heavy atom. The summed E-state index contributed by atoms with van der Waals surface area (Å²) in [5.41, 5.74) is 9.07. The zero-order chi connectivity index (χ0) is 14.5. The highest BCUT2D eigenvalue weighted by Gasteiger charge is 2.15. The normalized spacial score (nSPS) is 10.7. The highest BCUT2D eigenvalue weighted by molar-refractivity contribution is 5.74. The Bertz CT molecular complexity index is 693. The molecule has 4 nitrogen and oxygen atoms in total. The van der Waals surface area contributed by atoms with Crippen molar-refractivity contribution in [1.82, 2.24) is 10.1 Å². The maximum absolute atomic E-state index is 5.92. The number of nitrogen functional groups attached to an aromatic ring is 1. The lowest BCUT2D eigenvalue weighted by Crippen LogP contribution is -1.93. The maximum Gasteiger partial charge on any atom is 0.175 e. The number of hydrogen-bond donors (Lipinski definition) is 1. The fourth-order valence-electron chi connectivity index (χ4n) is 2.43. The lowest BCUT2D eigenvalue weighted by molar-refractivity contribution is 0.384. The molecule has 1 aromatic carbocycles. The molecule has 0 unspecified atom stereocenters. The summed E-state index contributed by atoms with van der Waals surface area (Å²) in [4.78, 5) is 4.13. The van der Waals surface area contributed by atoms with Gasteiger partial charge in [-0.25, -0.2) is 0 Å². The minimum absolute atomic E-state index is 0.428. The molecule has 0 saturated carbocycles. The summed E-state index contributed by atoms with van der Waals surface area (Å²) < 4.78 is 5.39. The highest BCUT2D eigenvalue weighted by atomic mass is 16.5. The number of nitrogens with two attached hydrogens (primary N) is 1. The summed E-state index contributed by atoms with van der Waals surface area (Å²) in [7, 11) is 0. The van der Waals surface area contributed by atoms with Crippen LogP contribution in [-0.2, 0) is 12.8 Å². The number of nitrogens with zero attached hydrogens (tertiary/aromatic N) is 2. The lowest BCUT2D eigenvalue weighted by atomic mass is 10.0. The Kier molecular flexibility index (Phi) is 3.96. The van der Waals surface area contributed by atoms with E-state index in [-0.39, 0.29) is 0 Å². The molecule has 3 aromatic rings. The molecular formula is C17H17N3O. The Morgan fingerprint density at radius 1 is 1.00 bits per heavy atom. The first-order valence-electron chi connectivity index (χ1n) is 7.03. The van der Waals surface area contributed by atoms with Gasteiger partial charge >= 0.3 is 0 Å². The summed E-state index contributed by atoms with van der Waals surface area (Å²) in [6.07, 6.45) is 6.33. The van der Waals surface area contributed by atoms with Gasteiger partial charge in [-0.3, -0.25) is 4.98 Å². The molecule has 0 aliphatic heterocycles. The number of anilines is 1. The van der Waals surface area contributed by atoms with Gasteiger partial charge in [-0.2, -0.15) is 0 Å². The van der Waals surface area contributed by atoms with Crippen molar-refractivity contribution in [3.05, 3.63) is 66.2 Å². The molecule has 0 fully saturated rings. The van der Waals surface area contributed by atoms with Gasteiger partial charge in [0.05, 0.1) is 5.56 Å². The van der Waals surface area contributed by atoms with Gasteiger partial charge in [0.1, 0.15) is 5.76 Å². The molecule has 0 radical (unpaired) electrons. The maximum atomic E-state index is 5.92. The predicted octanol–water partition coefficient (Wildman–Crippen LogP) is 3.49. The predicted molar refractivity (Wildman–Crippen MR) is 82.6 cm³/mol. The van der Waals surface area contributed by atoms with Crippen molar-refractivity contribution >= 4 is 5.82 Å². The minimum Gasteiger partial charge on any atom is -0.380 e. The number of hydrogen-bond acceptors (Lipinski definition) is 4. The van der Waals surface area contributed by atoms with Crippen molar-refractivity contribution in [3.63, 3.8) is 0 Å². The van der Waals surface area contributed by atoms with E-state index in [1.54, 1.807) is 12.4 Å². The number of benzene rings is 1. The molecule has 2 aromatic heterocycles. The van der Waals surface area contributed by atoms with Crippen LogP contribution in [0.2, 0.25) is 0 Å². The summed E-state index contributed by atoms with van der Waals surface area (Å²) in [6.45, 7) is 0. The Balaban J connectivity index is 1.72. The quantitative estimate of drug-likeness (QED) is 0.776. The summed E-state index contributed by atoms with van der Waals surface area (Å²) in [5, 5.41) is 3.89. The summed E-state index contributed by atoms with van der Waals surface area (Å²) in [6, 6.07) is 14.3. The van der Waals surface area contributed by atoms with Crippen LogP contribution in [-0.4, -0.2) is 10.1 Å². The van der Waals surface area contributed by atoms with E-state index >= 15 is 0 Å². The number of rotatable bonds is 5. The SMILES string of the molecule is Nc1noc(CCCc2ccccc2)c1-c1cccnc1. The Labute approximate surface area is 123 Å². The molecule has 0 atom stereocenters. The molecule has 0 aliphatic rings. The first kappa shape index (κ1) is 13.4. The van der Waals surface area contributed by atoms with Crippen LogP contribution < -0.4 is 5.73 Å². The second-order valence-corrected chi connectivity index (χ2v) is 4.95. The van der Waals surface area contributed by atoms with Crippen LogP contribution in [0.4, 0.5) is 5.82 Å². The Hall–Kier alpha value is -2.62. The molecule has 0 amide bonds. The van der Waals surface area contributed by atoms with Gasteiger partial charge in [-0.15, -0.1) is 0 Å². The average molecular weight is 279 g/mol. The molecule has 21 heavy (non-hydrogen) atoms. The zero-order valence-corrected chi connectivity index (χ0v) is 11.7. The summed E-state index contributed by atoms with van der Waals surface area (Å²) in [5.74, 6) is 1.26. The first-order chi connectivity index (χ1) is 10.3. The van der Waals surface area contributed by atoms with E-state index in [0.29, 0.717) is 5.82 Å². The van der Waals surface area contributed by atoms with E-state index in [9.17, 15) is 0 Å². The van der Waals surface area contributed by atoms with Gasteiger partial charge in [0.15, 0.2) is 5.82 Å². The van der Waals surface area contributed by atoms with Crippen molar-refractivity contribution in [2.45, 2.75) is 19.3 Å². The molecule has 0 aliphatic carbocycles. The molecule has 3 rings (SSSR count). The van der Waals surface area contributed by atoms with Gasteiger partial charge in [-0.1, -0.05) is 41.6 Å². The second-order valence-electron chi connectivity index (χ2n) is 4.95. The largest absolute Gasteiger partial charge is 0.380 e. The summed E-state index contributed by atoms with van der Waals surface area (Å²) >= 11 is 0. The van der Waals surface area contributed by atoms with Crippen LogP contribution in [0.1, 0.15) is 17.7 Å². The number of aryl methyl sites for hydroxylation is 2. The number of pyridine rings is 1. The van der Waals surface area contributed by atoms with Crippen molar-refractivity contribution < 1.29 is 4.52 Å². The van der Waals surface area contributed by atoms with Crippen molar-refractivity contribution in [2.24, 2.45) is 0 Å². The topological polar surface area (TPSA) is 64.9 Å². The van der Waals surface area contributed by atoms with Crippen molar-refractivity contribution in [1.29, 1.82) is 0 Å². The molecule has 0 spiro atoms. The third-order valence-electron chi connectivity index (χ3n) is 3.45. The van der Waals surface area contributed by atoms with E-state index in [1.165, 1.54) is 5.56 Å². The fourth-order valence-corrected chi connectivity index (χ4v) is 2.43. The van der Waals surface area contributed by atoms with E-state index in [4.69, 9.17) is 10.3 Å². The zero-order valence-electron chi connectivity index (χ0n) is 11.7. The minimum atomic E-state index is 0.428. The third kappa shape index (κ3) is 3.11. The molecule has 2 heterocycles. The van der Waals surface area contributed by atoms with Crippen LogP contribution in [0, 0.1) is 0 Å². The van der Waals surface area contributed by atoms with E-state index in [0.717, 1.165) is 36.1 Å². The smallest absolute Gasteiger partial charge is 0.175 e. The van der Waals surface area contributed by atoms with Gasteiger partial charge < -0.3 is 10.3 Å².